The third-order valence-electron chi connectivity index (χ3n) is 5.10. The molecule has 2 aromatic carbocycles. The largest absolute Gasteiger partial charge is 0.495 e. The molecule has 0 radical (unpaired) electrons. The number of benzene rings is 2. The summed E-state index contributed by atoms with van der Waals surface area (Å²) in [7, 11) is 1.69. The summed E-state index contributed by atoms with van der Waals surface area (Å²) >= 11 is 0. The lowest BCUT2D eigenvalue weighted by atomic mass is 9.77. The highest BCUT2D eigenvalue weighted by Gasteiger charge is 2.38. The van der Waals surface area contributed by atoms with Crippen molar-refractivity contribution in [3.05, 3.63) is 71.3 Å². The highest BCUT2D eigenvalue weighted by Crippen LogP contribution is 2.52. The van der Waals surface area contributed by atoms with Gasteiger partial charge in [-0.25, -0.2) is 4.79 Å². The number of carboxylic acids is 1. The van der Waals surface area contributed by atoms with E-state index in [1.54, 1.807) is 19.2 Å². The number of methoxy groups -OCH3 is 1. The molecule has 122 valence electrons. The van der Waals surface area contributed by atoms with Crippen LogP contribution in [0.25, 0.3) is 0 Å². The molecule has 1 aliphatic heterocycles. The van der Waals surface area contributed by atoms with Crippen molar-refractivity contribution in [1.82, 2.24) is 0 Å². The van der Waals surface area contributed by atoms with Gasteiger partial charge in [-0.3, -0.25) is 0 Å². The molecule has 4 heteroatoms. The second-order valence-corrected chi connectivity index (χ2v) is 6.33. The first-order chi connectivity index (χ1) is 11.7. The molecule has 0 bridgehead atoms. The predicted molar refractivity (Wildman–Crippen MR) is 92.7 cm³/mol. The molecule has 24 heavy (non-hydrogen) atoms. The molecule has 0 amide bonds. The van der Waals surface area contributed by atoms with Crippen LogP contribution in [0.5, 0.6) is 5.75 Å². The van der Waals surface area contributed by atoms with Crippen LogP contribution < -0.4 is 10.1 Å². The highest BCUT2D eigenvalue weighted by atomic mass is 16.5. The fraction of sp³-hybridized carbons (Fsp3) is 0.250. The van der Waals surface area contributed by atoms with Gasteiger partial charge in [0.25, 0.3) is 0 Å². The smallest absolute Gasteiger partial charge is 0.335 e. The number of ether oxygens (including phenoxy) is 1. The van der Waals surface area contributed by atoms with Crippen molar-refractivity contribution in [2.75, 3.05) is 12.4 Å². The highest BCUT2D eigenvalue weighted by molar-refractivity contribution is 5.87. The number of para-hydroxylation sites is 1. The lowest BCUT2D eigenvalue weighted by Gasteiger charge is -2.38. The van der Waals surface area contributed by atoms with Gasteiger partial charge in [0.05, 0.1) is 24.4 Å². The van der Waals surface area contributed by atoms with Crippen molar-refractivity contribution in [3.8, 4) is 5.75 Å². The number of hydrogen-bond donors (Lipinski definition) is 2. The third-order valence-corrected chi connectivity index (χ3v) is 5.10. The minimum absolute atomic E-state index is 0.136. The minimum Gasteiger partial charge on any atom is -0.495 e. The van der Waals surface area contributed by atoms with E-state index in [9.17, 15) is 4.79 Å². The van der Waals surface area contributed by atoms with Gasteiger partial charge >= 0.3 is 5.97 Å². The molecule has 0 unspecified atom stereocenters. The van der Waals surface area contributed by atoms with Crippen molar-refractivity contribution < 1.29 is 14.6 Å². The summed E-state index contributed by atoms with van der Waals surface area (Å²) in [5.74, 6) is 0.741. The van der Waals surface area contributed by atoms with E-state index >= 15 is 0 Å². The van der Waals surface area contributed by atoms with E-state index in [0.717, 1.165) is 23.4 Å². The average Bonchev–Trinajstić information content (AvgIpc) is 3.10. The fourth-order valence-corrected chi connectivity index (χ4v) is 3.93. The van der Waals surface area contributed by atoms with E-state index in [1.165, 1.54) is 5.56 Å². The van der Waals surface area contributed by atoms with Crippen molar-refractivity contribution in [2.45, 2.75) is 18.4 Å². The summed E-state index contributed by atoms with van der Waals surface area (Å²) in [6, 6.07) is 13.5. The summed E-state index contributed by atoms with van der Waals surface area (Å²) in [6.07, 6.45) is 5.53. The number of hydrogen-bond acceptors (Lipinski definition) is 3. The van der Waals surface area contributed by atoms with Gasteiger partial charge in [-0.1, -0.05) is 36.4 Å². The molecule has 1 heterocycles. The molecule has 2 N–H and O–H groups in total. The first-order valence-electron chi connectivity index (χ1n) is 8.12. The standard InChI is InChI=1S/C20H19NO3/c1-24-17-7-3-6-16-14-4-2-5-15(14)18(21-19(16)17)12-8-10-13(11-9-12)20(22)23/h2-4,6-11,14-15,18,21H,5H2,1H3,(H,22,23)/t14-,15-,18+/m0/s1. The SMILES string of the molecule is COc1cccc2c1N[C@H](c1ccc(C(=O)O)cc1)[C@H]1CC=C[C@H]21. The van der Waals surface area contributed by atoms with Crippen LogP contribution >= 0.6 is 0 Å². The molecular weight excluding hydrogens is 302 g/mol. The van der Waals surface area contributed by atoms with E-state index in [2.05, 4.69) is 23.5 Å². The number of anilines is 1. The molecule has 0 spiro atoms. The number of allylic oxidation sites excluding steroid dienone is 2. The molecule has 4 rings (SSSR count). The normalized spacial score (nSPS) is 24.0. The maximum atomic E-state index is 11.1. The van der Waals surface area contributed by atoms with E-state index < -0.39 is 5.97 Å². The molecule has 0 fully saturated rings. The predicted octanol–water partition coefficient (Wildman–Crippen LogP) is 4.22. The Morgan fingerprint density at radius 1 is 1.21 bits per heavy atom. The van der Waals surface area contributed by atoms with Gasteiger partial charge in [0.2, 0.25) is 0 Å². The molecule has 4 nitrogen and oxygen atoms in total. The summed E-state index contributed by atoms with van der Waals surface area (Å²) in [5, 5.41) is 12.7. The Labute approximate surface area is 140 Å². The van der Waals surface area contributed by atoms with Gasteiger partial charge in [-0.05, 0) is 41.7 Å². The van der Waals surface area contributed by atoms with Crippen LogP contribution in [-0.2, 0) is 0 Å². The lowest BCUT2D eigenvalue weighted by molar-refractivity contribution is 0.0697. The zero-order valence-corrected chi connectivity index (χ0v) is 13.4. The van der Waals surface area contributed by atoms with E-state index in [-0.39, 0.29) is 6.04 Å². The van der Waals surface area contributed by atoms with Crippen LogP contribution in [-0.4, -0.2) is 18.2 Å². The molecule has 1 aliphatic carbocycles. The molecule has 0 saturated heterocycles. The van der Waals surface area contributed by atoms with Crippen LogP contribution in [0.3, 0.4) is 0 Å². The van der Waals surface area contributed by atoms with Gasteiger partial charge < -0.3 is 15.2 Å². The second-order valence-electron chi connectivity index (χ2n) is 6.33. The van der Waals surface area contributed by atoms with Gasteiger partial charge in [-0.2, -0.15) is 0 Å². The number of carbonyl (C=O) groups is 1. The number of fused-ring (bicyclic) bond motifs is 3. The lowest BCUT2D eigenvalue weighted by Crippen LogP contribution is -2.29. The van der Waals surface area contributed by atoms with E-state index in [1.807, 2.05) is 24.3 Å². The maximum Gasteiger partial charge on any atom is 0.335 e. The first-order valence-corrected chi connectivity index (χ1v) is 8.12. The zero-order chi connectivity index (χ0) is 16.7. The monoisotopic (exact) mass is 321 g/mol. The van der Waals surface area contributed by atoms with Crippen molar-refractivity contribution in [2.24, 2.45) is 5.92 Å². The van der Waals surface area contributed by atoms with Crippen LogP contribution in [0.15, 0.2) is 54.6 Å². The van der Waals surface area contributed by atoms with Crippen LogP contribution in [0.4, 0.5) is 5.69 Å². The van der Waals surface area contributed by atoms with Gasteiger partial charge in [0.15, 0.2) is 0 Å². The zero-order valence-electron chi connectivity index (χ0n) is 13.4. The molecule has 2 aliphatic rings. The Morgan fingerprint density at radius 2 is 2.00 bits per heavy atom. The van der Waals surface area contributed by atoms with Crippen molar-refractivity contribution in [1.29, 1.82) is 0 Å². The van der Waals surface area contributed by atoms with Gasteiger partial charge in [0.1, 0.15) is 5.75 Å². The topological polar surface area (TPSA) is 58.6 Å². The average molecular weight is 321 g/mol. The number of carboxylic acid groups (broad SMARTS) is 1. The van der Waals surface area contributed by atoms with Crippen LogP contribution in [0, 0.1) is 5.92 Å². The molecule has 2 aromatic rings. The molecule has 3 atom stereocenters. The Kier molecular flexibility index (Phi) is 3.53. The third kappa shape index (κ3) is 2.26. The second kappa shape index (κ2) is 5.71. The Balaban J connectivity index is 1.76. The quantitative estimate of drug-likeness (QED) is 0.831. The minimum atomic E-state index is -0.898. The molecule has 0 aromatic heterocycles. The Morgan fingerprint density at radius 3 is 2.71 bits per heavy atom. The van der Waals surface area contributed by atoms with Crippen LogP contribution in [0.2, 0.25) is 0 Å². The fourth-order valence-electron chi connectivity index (χ4n) is 3.93. The number of nitrogens with one attached hydrogen (secondary N) is 1. The van der Waals surface area contributed by atoms with Crippen LogP contribution in [0.1, 0.15) is 39.9 Å². The molecule has 0 saturated carbocycles. The number of rotatable bonds is 3. The summed E-state index contributed by atoms with van der Waals surface area (Å²) < 4.78 is 5.53. The van der Waals surface area contributed by atoms with E-state index in [4.69, 9.17) is 9.84 Å². The summed E-state index contributed by atoms with van der Waals surface area (Å²) in [6.45, 7) is 0. The Hall–Kier alpha value is -2.75. The molecular formula is C20H19NO3. The summed E-state index contributed by atoms with van der Waals surface area (Å²) in [4.78, 5) is 11.1. The van der Waals surface area contributed by atoms with Gasteiger partial charge in [0, 0.05) is 5.92 Å². The van der Waals surface area contributed by atoms with Crippen molar-refractivity contribution >= 4 is 11.7 Å². The van der Waals surface area contributed by atoms with E-state index in [0.29, 0.717) is 17.4 Å². The summed E-state index contributed by atoms with van der Waals surface area (Å²) in [5.41, 5.74) is 3.73. The maximum absolute atomic E-state index is 11.1. The Bertz CT molecular complexity index is 810. The van der Waals surface area contributed by atoms with Gasteiger partial charge in [-0.15, -0.1) is 0 Å². The first kappa shape index (κ1) is 14.8. The number of aromatic carboxylic acids is 1. The van der Waals surface area contributed by atoms with Crippen molar-refractivity contribution in [3.63, 3.8) is 0 Å².